The maximum atomic E-state index is 13.2. The van der Waals surface area contributed by atoms with E-state index in [-0.39, 0.29) is 29.9 Å². The second-order valence-electron chi connectivity index (χ2n) is 9.22. The van der Waals surface area contributed by atoms with Gasteiger partial charge in [-0.3, -0.25) is 9.59 Å². The second-order valence-corrected chi connectivity index (χ2v) is 9.22. The minimum Gasteiger partial charge on any atom is -0.483 e. The Hall–Kier alpha value is -2.82. The van der Waals surface area contributed by atoms with Crippen LogP contribution in [0.3, 0.4) is 0 Å². The number of hydrogen-bond acceptors (Lipinski definition) is 3. The first-order valence-corrected chi connectivity index (χ1v) is 11.0. The summed E-state index contributed by atoms with van der Waals surface area (Å²) in [6, 6.07) is 17.1. The molecule has 1 atom stereocenters. The minimum atomic E-state index is -0.598. The molecule has 0 bridgehead atoms. The van der Waals surface area contributed by atoms with Crippen LogP contribution in [0.15, 0.2) is 54.6 Å². The molecule has 5 nitrogen and oxygen atoms in total. The van der Waals surface area contributed by atoms with Crippen molar-refractivity contribution in [3.05, 3.63) is 65.7 Å². The van der Waals surface area contributed by atoms with Crippen molar-refractivity contribution in [2.75, 3.05) is 13.2 Å². The molecule has 2 rings (SSSR count). The fourth-order valence-electron chi connectivity index (χ4n) is 3.36. The number of nitrogens with zero attached hydrogens (tertiary/aromatic N) is 1. The molecule has 2 aromatic rings. The largest absolute Gasteiger partial charge is 0.483 e. The van der Waals surface area contributed by atoms with E-state index in [1.807, 2.05) is 75.4 Å². The van der Waals surface area contributed by atoms with Crippen LogP contribution < -0.4 is 10.1 Å². The van der Waals surface area contributed by atoms with Crippen molar-refractivity contribution in [3.63, 3.8) is 0 Å². The van der Waals surface area contributed by atoms with Crippen molar-refractivity contribution in [1.29, 1.82) is 0 Å². The maximum Gasteiger partial charge on any atom is 0.261 e. The van der Waals surface area contributed by atoms with Gasteiger partial charge in [-0.05, 0) is 57.2 Å². The van der Waals surface area contributed by atoms with E-state index in [4.69, 9.17) is 4.74 Å². The van der Waals surface area contributed by atoms with Gasteiger partial charge in [0.25, 0.3) is 5.91 Å². The molecule has 0 aliphatic rings. The van der Waals surface area contributed by atoms with Crippen molar-refractivity contribution >= 4 is 11.8 Å². The monoisotopic (exact) mass is 424 g/mol. The molecule has 0 aromatic heterocycles. The first-order valence-electron chi connectivity index (χ1n) is 11.0. The van der Waals surface area contributed by atoms with E-state index in [1.165, 1.54) is 0 Å². The van der Waals surface area contributed by atoms with Gasteiger partial charge in [0.05, 0.1) is 0 Å². The van der Waals surface area contributed by atoms with Crippen molar-refractivity contribution in [2.24, 2.45) is 0 Å². The molecule has 2 amide bonds. The Bertz CT molecular complexity index is 856. The highest BCUT2D eigenvalue weighted by Crippen LogP contribution is 2.25. The van der Waals surface area contributed by atoms with E-state index in [0.717, 1.165) is 11.1 Å². The highest BCUT2D eigenvalue weighted by atomic mass is 16.5. The van der Waals surface area contributed by atoms with E-state index in [0.29, 0.717) is 18.7 Å². The summed E-state index contributed by atoms with van der Waals surface area (Å²) in [4.78, 5) is 27.6. The minimum absolute atomic E-state index is 0.105. The molecule has 1 N–H and O–H groups in total. The zero-order valence-corrected chi connectivity index (χ0v) is 19.6. The number of amides is 2. The van der Waals surface area contributed by atoms with Crippen LogP contribution in [0.2, 0.25) is 0 Å². The van der Waals surface area contributed by atoms with Crippen LogP contribution in [-0.2, 0) is 16.0 Å². The summed E-state index contributed by atoms with van der Waals surface area (Å²) in [5.41, 5.74) is 1.81. The molecule has 0 saturated heterocycles. The third-order valence-electron chi connectivity index (χ3n) is 5.04. The van der Waals surface area contributed by atoms with Crippen molar-refractivity contribution in [1.82, 2.24) is 10.2 Å². The number of carbonyl (C=O) groups excluding carboxylic acids is 2. The summed E-state index contributed by atoms with van der Waals surface area (Å²) in [6.45, 7) is 12.1. The number of carbonyl (C=O) groups is 2. The van der Waals surface area contributed by atoms with Gasteiger partial charge >= 0.3 is 0 Å². The third-order valence-corrected chi connectivity index (χ3v) is 5.04. The molecule has 0 spiro atoms. The fraction of sp³-hybridized carbons (Fsp3) is 0.462. The molecular weight excluding hydrogens is 388 g/mol. The molecule has 0 radical (unpaired) electrons. The molecule has 0 heterocycles. The Morgan fingerprint density at radius 1 is 0.968 bits per heavy atom. The molecule has 2 aromatic carbocycles. The van der Waals surface area contributed by atoms with Crippen molar-refractivity contribution < 1.29 is 14.3 Å². The average molecular weight is 425 g/mol. The van der Waals surface area contributed by atoms with Crippen LogP contribution in [0, 0.1) is 0 Å². The maximum absolute atomic E-state index is 13.2. The topological polar surface area (TPSA) is 58.6 Å². The summed E-state index contributed by atoms with van der Waals surface area (Å²) < 4.78 is 5.90. The lowest BCUT2D eigenvalue weighted by molar-refractivity contribution is -0.142. The van der Waals surface area contributed by atoms with Crippen LogP contribution in [-0.4, -0.2) is 41.4 Å². The normalized spacial score (nSPS) is 12.4. The number of rotatable bonds is 9. The molecule has 5 heteroatoms. The Kier molecular flexibility index (Phi) is 8.66. The molecule has 168 valence electrons. The third kappa shape index (κ3) is 7.74. The summed E-state index contributed by atoms with van der Waals surface area (Å²) in [5, 5.41) is 2.98. The SMILES string of the molecule is CC(C)c1ccccc1OCC(=O)N(CCc1ccccc1)[C@H](C)C(=O)NC(C)(C)C. The fourth-order valence-corrected chi connectivity index (χ4v) is 3.36. The van der Waals surface area contributed by atoms with Gasteiger partial charge in [0.15, 0.2) is 6.61 Å². The van der Waals surface area contributed by atoms with Crippen LogP contribution in [0.4, 0.5) is 0 Å². The number of hydrogen-bond donors (Lipinski definition) is 1. The molecule has 0 aliphatic heterocycles. The summed E-state index contributed by atoms with van der Waals surface area (Å²) in [6.07, 6.45) is 0.669. The lowest BCUT2D eigenvalue weighted by Gasteiger charge is -2.31. The average Bonchev–Trinajstić information content (AvgIpc) is 2.71. The van der Waals surface area contributed by atoms with Crippen LogP contribution in [0.25, 0.3) is 0 Å². The first kappa shape index (κ1) is 24.4. The zero-order chi connectivity index (χ0) is 23.0. The standard InChI is InChI=1S/C26H36N2O3/c1-19(2)22-14-10-11-15-23(22)31-18-24(29)28(17-16-21-12-8-7-9-13-21)20(3)25(30)27-26(4,5)6/h7-15,19-20H,16-18H2,1-6H3,(H,27,30)/t20-/m1/s1. The van der Waals surface area contributed by atoms with E-state index in [1.54, 1.807) is 11.8 Å². The number of benzene rings is 2. The molecule has 0 saturated carbocycles. The Morgan fingerprint density at radius 3 is 2.19 bits per heavy atom. The predicted octanol–water partition coefficient (Wildman–Crippen LogP) is 4.56. The molecular formula is C26H36N2O3. The summed E-state index contributed by atoms with van der Waals surface area (Å²) in [7, 11) is 0. The zero-order valence-electron chi connectivity index (χ0n) is 19.6. The van der Waals surface area contributed by atoms with E-state index >= 15 is 0 Å². The van der Waals surface area contributed by atoms with Crippen LogP contribution in [0.1, 0.15) is 58.6 Å². The van der Waals surface area contributed by atoms with E-state index in [9.17, 15) is 9.59 Å². The van der Waals surface area contributed by atoms with Gasteiger partial charge in [0.1, 0.15) is 11.8 Å². The highest BCUT2D eigenvalue weighted by molar-refractivity contribution is 5.88. The number of para-hydroxylation sites is 1. The molecule has 0 fully saturated rings. The first-order chi connectivity index (χ1) is 14.6. The van der Waals surface area contributed by atoms with Gasteiger partial charge < -0.3 is 15.0 Å². The van der Waals surface area contributed by atoms with E-state index < -0.39 is 6.04 Å². The molecule has 0 unspecified atom stereocenters. The Balaban J connectivity index is 2.14. The van der Waals surface area contributed by atoms with Gasteiger partial charge in [0.2, 0.25) is 5.91 Å². The predicted molar refractivity (Wildman–Crippen MR) is 125 cm³/mol. The highest BCUT2D eigenvalue weighted by Gasteiger charge is 2.28. The smallest absolute Gasteiger partial charge is 0.261 e. The lowest BCUT2D eigenvalue weighted by Crippen LogP contribution is -2.53. The van der Waals surface area contributed by atoms with Gasteiger partial charge in [-0.25, -0.2) is 0 Å². The van der Waals surface area contributed by atoms with Gasteiger partial charge in [-0.15, -0.1) is 0 Å². The second kappa shape index (κ2) is 11.0. The van der Waals surface area contributed by atoms with Crippen LogP contribution >= 0.6 is 0 Å². The summed E-state index contributed by atoms with van der Waals surface area (Å²) in [5.74, 6) is 0.625. The number of nitrogens with one attached hydrogen (secondary N) is 1. The lowest BCUT2D eigenvalue weighted by atomic mass is 10.0. The van der Waals surface area contributed by atoms with Crippen molar-refractivity contribution in [3.8, 4) is 5.75 Å². The van der Waals surface area contributed by atoms with Gasteiger partial charge in [-0.1, -0.05) is 62.4 Å². The molecule has 31 heavy (non-hydrogen) atoms. The van der Waals surface area contributed by atoms with Crippen LogP contribution in [0.5, 0.6) is 5.75 Å². The summed E-state index contributed by atoms with van der Waals surface area (Å²) >= 11 is 0. The van der Waals surface area contributed by atoms with E-state index in [2.05, 4.69) is 19.2 Å². The van der Waals surface area contributed by atoms with Gasteiger partial charge in [-0.2, -0.15) is 0 Å². The quantitative estimate of drug-likeness (QED) is 0.642. The van der Waals surface area contributed by atoms with Crippen molar-refractivity contribution in [2.45, 2.75) is 65.5 Å². The number of ether oxygens (including phenoxy) is 1. The van der Waals surface area contributed by atoms with Gasteiger partial charge in [0, 0.05) is 12.1 Å². The molecule has 0 aliphatic carbocycles. The Labute approximate surface area is 186 Å². The Morgan fingerprint density at radius 2 is 1.58 bits per heavy atom.